The molecule has 0 saturated heterocycles. The first-order chi connectivity index (χ1) is 15.2. The molecule has 0 spiro atoms. The Kier molecular flexibility index (Phi) is 5.70. The Balaban J connectivity index is 1.30. The summed E-state index contributed by atoms with van der Waals surface area (Å²) in [7, 11) is 0. The van der Waals surface area contributed by atoms with Gasteiger partial charge in [-0.05, 0) is 30.0 Å². The lowest BCUT2D eigenvalue weighted by Gasteiger charge is -2.34. The zero-order chi connectivity index (χ0) is 21.2. The molecule has 2 aromatic rings. The molecule has 7 nitrogen and oxygen atoms in total. The van der Waals surface area contributed by atoms with E-state index in [-0.39, 0.29) is 19.3 Å². The number of ether oxygens (including phenoxy) is 3. The third-order valence-corrected chi connectivity index (χ3v) is 6.01. The van der Waals surface area contributed by atoms with Gasteiger partial charge in [-0.2, -0.15) is 0 Å². The summed E-state index contributed by atoms with van der Waals surface area (Å²) in [6.07, 6.45) is 1.91. The third kappa shape index (κ3) is 4.62. The molecule has 1 atom stereocenters. The highest BCUT2D eigenvalue weighted by molar-refractivity contribution is 5.79. The van der Waals surface area contributed by atoms with Gasteiger partial charge in [0.1, 0.15) is 0 Å². The number of carbonyl (C=O) groups is 1. The van der Waals surface area contributed by atoms with Gasteiger partial charge in [0.15, 0.2) is 11.5 Å². The van der Waals surface area contributed by atoms with Crippen molar-refractivity contribution >= 4 is 11.6 Å². The van der Waals surface area contributed by atoms with Crippen LogP contribution < -0.4 is 14.4 Å². The molecule has 5 rings (SSSR count). The summed E-state index contributed by atoms with van der Waals surface area (Å²) in [4.78, 5) is 16.9. The van der Waals surface area contributed by atoms with Gasteiger partial charge in [0.25, 0.3) is 0 Å². The highest BCUT2D eigenvalue weighted by atomic mass is 16.7. The molecule has 164 valence electrons. The van der Waals surface area contributed by atoms with Crippen LogP contribution >= 0.6 is 0 Å². The highest BCUT2D eigenvalue weighted by Gasteiger charge is 2.35. The summed E-state index contributed by atoms with van der Waals surface area (Å²) in [6.45, 7) is 2.39. The number of benzene rings is 2. The number of anilines is 1. The van der Waals surface area contributed by atoms with Crippen LogP contribution in [0.15, 0.2) is 42.5 Å². The van der Waals surface area contributed by atoms with E-state index in [1.807, 2.05) is 47.4 Å². The summed E-state index contributed by atoms with van der Waals surface area (Å²) in [5.41, 5.74) is 3.09. The number of aliphatic hydroxyl groups is 1. The molecule has 2 aliphatic heterocycles. The van der Waals surface area contributed by atoms with Crippen molar-refractivity contribution in [2.45, 2.75) is 44.6 Å². The van der Waals surface area contributed by atoms with Crippen molar-refractivity contribution < 1.29 is 24.1 Å². The van der Waals surface area contributed by atoms with Gasteiger partial charge < -0.3 is 29.1 Å². The Morgan fingerprint density at radius 2 is 1.90 bits per heavy atom. The van der Waals surface area contributed by atoms with Crippen LogP contribution in [0.1, 0.15) is 30.4 Å². The molecular weight excluding hydrogens is 396 g/mol. The first-order valence-corrected chi connectivity index (χ1v) is 10.9. The number of carbonyl (C=O) groups excluding carboxylic acids is 1. The van der Waals surface area contributed by atoms with Gasteiger partial charge in [-0.3, -0.25) is 4.79 Å². The zero-order valence-electron chi connectivity index (χ0n) is 17.5. The average molecular weight is 424 g/mol. The standard InChI is InChI=1S/C24H28N2O5/c27-20(15-29-14-17-4-2-1-3-5-17)13-25-9-8-24(28)26(19-6-7-19)12-18-10-22-23(11-21(18)25)31-16-30-22/h1-5,10-11,19-20,27H,6-9,12-16H2/t20-/m1/s1. The number of hydrogen-bond donors (Lipinski definition) is 1. The topological polar surface area (TPSA) is 71.5 Å². The smallest absolute Gasteiger partial charge is 0.231 e. The predicted octanol–water partition coefficient (Wildman–Crippen LogP) is 2.69. The average Bonchev–Trinajstić information content (AvgIpc) is 3.51. The molecule has 3 aliphatic rings. The van der Waals surface area contributed by atoms with Crippen LogP contribution in [0.25, 0.3) is 0 Å². The van der Waals surface area contributed by atoms with Gasteiger partial charge in [0, 0.05) is 43.9 Å². The fourth-order valence-corrected chi connectivity index (χ4v) is 4.26. The molecule has 1 fully saturated rings. The van der Waals surface area contributed by atoms with E-state index in [1.165, 1.54) is 0 Å². The van der Waals surface area contributed by atoms with Crippen LogP contribution in [0.5, 0.6) is 11.5 Å². The molecule has 0 unspecified atom stereocenters. The van der Waals surface area contributed by atoms with Gasteiger partial charge in [0.05, 0.1) is 19.3 Å². The number of rotatable bonds is 7. The Hall–Kier alpha value is -2.77. The minimum atomic E-state index is -0.670. The van der Waals surface area contributed by atoms with Crippen LogP contribution in [0.2, 0.25) is 0 Å². The number of β-amino-alcohol motifs (C(OH)–C–C–N with tert-alkyl or cyclic N) is 1. The molecule has 0 radical (unpaired) electrons. The van der Waals surface area contributed by atoms with Crippen molar-refractivity contribution in [2.75, 3.05) is 31.4 Å². The van der Waals surface area contributed by atoms with E-state index in [9.17, 15) is 9.90 Å². The maximum atomic E-state index is 12.8. The maximum Gasteiger partial charge on any atom is 0.231 e. The SMILES string of the molecule is O=C1CCN(C[C@@H](O)COCc2ccccc2)c2cc3c(cc2CN1C1CC1)OCO3. The molecule has 31 heavy (non-hydrogen) atoms. The molecule has 1 aliphatic carbocycles. The zero-order valence-corrected chi connectivity index (χ0v) is 17.5. The lowest BCUT2D eigenvalue weighted by molar-refractivity contribution is -0.132. The minimum Gasteiger partial charge on any atom is -0.454 e. The van der Waals surface area contributed by atoms with E-state index >= 15 is 0 Å². The van der Waals surface area contributed by atoms with Crippen LogP contribution in [0.4, 0.5) is 5.69 Å². The van der Waals surface area contributed by atoms with E-state index in [1.54, 1.807) is 0 Å². The summed E-state index contributed by atoms with van der Waals surface area (Å²) in [5.74, 6) is 1.60. The monoisotopic (exact) mass is 424 g/mol. The van der Waals surface area contributed by atoms with Crippen LogP contribution in [0, 0.1) is 0 Å². The number of nitrogens with zero attached hydrogens (tertiary/aromatic N) is 2. The Labute approximate surface area is 182 Å². The van der Waals surface area contributed by atoms with Crippen LogP contribution in [0.3, 0.4) is 0 Å². The molecular formula is C24H28N2O5. The largest absolute Gasteiger partial charge is 0.454 e. The van der Waals surface area contributed by atoms with E-state index in [4.69, 9.17) is 14.2 Å². The fraction of sp³-hybridized carbons (Fsp3) is 0.458. The quantitative estimate of drug-likeness (QED) is 0.737. The lowest BCUT2D eigenvalue weighted by Crippen LogP contribution is -2.42. The third-order valence-electron chi connectivity index (χ3n) is 6.01. The van der Waals surface area contributed by atoms with Crippen molar-refractivity contribution in [2.24, 2.45) is 0 Å². The molecule has 2 aromatic carbocycles. The van der Waals surface area contributed by atoms with Crippen molar-refractivity contribution in [3.8, 4) is 11.5 Å². The van der Waals surface area contributed by atoms with E-state index < -0.39 is 6.10 Å². The van der Waals surface area contributed by atoms with Gasteiger partial charge in [-0.1, -0.05) is 30.3 Å². The summed E-state index contributed by atoms with van der Waals surface area (Å²) < 4.78 is 16.9. The second-order valence-corrected chi connectivity index (χ2v) is 8.44. The predicted molar refractivity (Wildman–Crippen MR) is 115 cm³/mol. The lowest BCUT2D eigenvalue weighted by atomic mass is 10.1. The second kappa shape index (κ2) is 8.77. The Morgan fingerprint density at radius 3 is 2.68 bits per heavy atom. The van der Waals surface area contributed by atoms with E-state index in [0.717, 1.165) is 29.7 Å². The van der Waals surface area contributed by atoms with E-state index in [0.29, 0.717) is 50.2 Å². The van der Waals surface area contributed by atoms with Crippen molar-refractivity contribution in [3.05, 3.63) is 53.6 Å². The number of amides is 1. The molecule has 0 aromatic heterocycles. The second-order valence-electron chi connectivity index (χ2n) is 8.44. The van der Waals surface area contributed by atoms with Gasteiger partial charge in [0.2, 0.25) is 12.7 Å². The van der Waals surface area contributed by atoms with E-state index in [2.05, 4.69) is 4.90 Å². The normalized spacial score (nSPS) is 19.1. The van der Waals surface area contributed by atoms with Gasteiger partial charge >= 0.3 is 0 Å². The molecule has 1 saturated carbocycles. The Morgan fingerprint density at radius 1 is 1.13 bits per heavy atom. The number of fused-ring (bicyclic) bond motifs is 2. The molecule has 1 amide bonds. The Bertz CT molecular complexity index is 931. The van der Waals surface area contributed by atoms with Crippen LogP contribution in [-0.4, -0.2) is 54.5 Å². The first kappa shape index (κ1) is 20.2. The highest BCUT2D eigenvalue weighted by Crippen LogP contribution is 2.41. The fourth-order valence-electron chi connectivity index (χ4n) is 4.26. The summed E-state index contributed by atoms with van der Waals surface area (Å²) in [5, 5.41) is 10.7. The number of hydrogen-bond acceptors (Lipinski definition) is 6. The van der Waals surface area contributed by atoms with Crippen molar-refractivity contribution in [1.29, 1.82) is 0 Å². The minimum absolute atomic E-state index is 0.172. The number of aliphatic hydroxyl groups excluding tert-OH is 1. The van der Waals surface area contributed by atoms with Crippen molar-refractivity contribution in [3.63, 3.8) is 0 Å². The summed E-state index contributed by atoms with van der Waals surface area (Å²) in [6, 6.07) is 14.2. The van der Waals surface area contributed by atoms with Crippen LogP contribution in [-0.2, 0) is 22.7 Å². The van der Waals surface area contributed by atoms with Crippen molar-refractivity contribution in [1.82, 2.24) is 4.90 Å². The van der Waals surface area contributed by atoms with Gasteiger partial charge in [-0.25, -0.2) is 0 Å². The summed E-state index contributed by atoms with van der Waals surface area (Å²) >= 11 is 0. The first-order valence-electron chi connectivity index (χ1n) is 10.9. The molecule has 2 heterocycles. The van der Waals surface area contributed by atoms with Gasteiger partial charge in [-0.15, -0.1) is 0 Å². The molecule has 0 bridgehead atoms. The maximum absolute atomic E-state index is 12.8. The molecule has 1 N–H and O–H groups in total. The molecule has 7 heteroatoms.